The van der Waals surface area contributed by atoms with Crippen LogP contribution in [0.3, 0.4) is 0 Å². The zero-order valence-corrected chi connectivity index (χ0v) is 10.3. The van der Waals surface area contributed by atoms with Crippen molar-refractivity contribution in [3.05, 3.63) is 34.5 Å². The highest BCUT2D eigenvalue weighted by Crippen LogP contribution is 2.14. The Kier molecular flexibility index (Phi) is 3.08. The molecule has 0 radical (unpaired) electrons. The standard InChI is InChI=1S/C12H16N4O/c1-4-10-5-11(17)15-12(14-10)9-6-13-16(7-9)8(2)3/h5-8H,4H2,1-3H3,(H,14,15,17). The average Bonchev–Trinajstić information content (AvgIpc) is 2.77. The van der Waals surface area contributed by atoms with Crippen molar-refractivity contribution in [2.45, 2.75) is 33.2 Å². The van der Waals surface area contributed by atoms with E-state index in [0.29, 0.717) is 11.9 Å². The van der Waals surface area contributed by atoms with Gasteiger partial charge in [-0.3, -0.25) is 9.48 Å². The topological polar surface area (TPSA) is 63.6 Å². The summed E-state index contributed by atoms with van der Waals surface area (Å²) >= 11 is 0. The molecule has 0 aliphatic rings. The quantitative estimate of drug-likeness (QED) is 0.877. The summed E-state index contributed by atoms with van der Waals surface area (Å²) in [6.07, 6.45) is 4.36. The highest BCUT2D eigenvalue weighted by molar-refractivity contribution is 5.51. The molecule has 0 atom stereocenters. The molecule has 2 heterocycles. The molecule has 0 aliphatic heterocycles. The average molecular weight is 232 g/mol. The summed E-state index contributed by atoms with van der Waals surface area (Å²) in [5.41, 5.74) is 1.51. The molecule has 0 spiro atoms. The Morgan fingerprint density at radius 3 is 2.82 bits per heavy atom. The predicted octanol–water partition coefficient (Wildman–Crippen LogP) is 1.78. The number of nitrogens with one attached hydrogen (secondary N) is 1. The van der Waals surface area contributed by atoms with Crippen molar-refractivity contribution in [3.8, 4) is 11.4 Å². The Hall–Kier alpha value is -1.91. The number of nitrogens with zero attached hydrogens (tertiary/aromatic N) is 3. The molecule has 0 aromatic carbocycles. The summed E-state index contributed by atoms with van der Waals surface area (Å²) in [6.45, 7) is 6.08. The van der Waals surface area contributed by atoms with Crippen LogP contribution in [0, 0.1) is 0 Å². The highest BCUT2D eigenvalue weighted by atomic mass is 16.1. The Morgan fingerprint density at radius 1 is 1.47 bits per heavy atom. The van der Waals surface area contributed by atoms with Crippen LogP contribution in [-0.2, 0) is 6.42 Å². The van der Waals surface area contributed by atoms with Crippen LogP contribution in [0.15, 0.2) is 23.3 Å². The van der Waals surface area contributed by atoms with Crippen molar-refractivity contribution in [1.82, 2.24) is 19.7 Å². The Labute approximate surface area is 99.5 Å². The second kappa shape index (κ2) is 4.53. The number of hydrogen-bond acceptors (Lipinski definition) is 3. The minimum Gasteiger partial charge on any atom is -0.306 e. The molecule has 5 heteroatoms. The Bertz CT molecular complexity index is 568. The summed E-state index contributed by atoms with van der Waals surface area (Å²) in [6, 6.07) is 1.82. The van der Waals surface area contributed by atoms with Crippen LogP contribution in [0.2, 0.25) is 0 Å². The van der Waals surface area contributed by atoms with Crippen molar-refractivity contribution >= 4 is 0 Å². The van der Waals surface area contributed by atoms with Gasteiger partial charge >= 0.3 is 0 Å². The van der Waals surface area contributed by atoms with E-state index in [0.717, 1.165) is 17.7 Å². The summed E-state index contributed by atoms with van der Waals surface area (Å²) in [5.74, 6) is 0.584. The van der Waals surface area contributed by atoms with E-state index in [-0.39, 0.29) is 5.56 Å². The zero-order chi connectivity index (χ0) is 12.4. The summed E-state index contributed by atoms with van der Waals surface area (Å²) in [7, 11) is 0. The summed E-state index contributed by atoms with van der Waals surface area (Å²) in [4.78, 5) is 18.6. The molecular weight excluding hydrogens is 216 g/mol. The van der Waals surface area contributed by atoms with E-state index in [1.165, 1.54) is 6.07 Å². The maximum Gasteiger partial charge on any atom is 0.251 e. The Morgan fingerprint density at radius 2 is 2.24 bits per heavy atom. The van der Waals surface area contributed by atoms with E-state index >= 15 is 0 Å². The van der Waals surface area contributed by atoms with Crippen LogP contribution in [0.5, 0.6) is 0 Å². The van der Waals surface area contributed by atoms with E-state index in [4.69, 9.17) is 0 Å². The molecular formula is C12H16N4O. The third-order valence-electron chi connectivity index (χ3n) is 2.56. The van der Waals surface area contributed by atoms with Gasteiger partial charge in [0.2, 0.25) is 0 Å². The molecule has 5 nitrogen and oxygen atoms in total. The van der Waals surface area contributed by atoms with Crippen molar-refractivity contribution < 1.29 is 0 Å². The van der Waals surface area contributed by atoms with Gasteiger partial charge in [0, 0.05) is 24.0 Å². The maximum absolute atomic E-state index is 11.5. The molecule has 2 aromatic heterocycles. The first-order valence-corrected chi connectivity index (χ1v) is 5.75. The summed E-state index contributed by atoms with van der Waals surface area (Å²) in [5, 5.41) is 4.23. The number of aromatic amines is 1. The second-order valence-corrected chi connectivity index (χ2v) is 4.24. The molecule has 0 aliphatic carbocycles. The fraction of sp³-hybridized carbons (Fsp3) is 0.417. The van der Waals surface area contributed by atoms with Crippen molar-refractivity contribution in [2.24, 2.45) is 0 Å². The molecule has 0 fully saturated rings. The molecule has 2 rings (SSSR count). The normalized spacial score (nSPS) is 11.1. The van der Waals surface area contributed by atoms with Gasteiger partial charge in [-0.25, -0.2) is 4.98 Å². The minimum atomic E-state index is -0.121. The lowest BCUT2D eigenvalue weighted by molar-refractivity contribution is 0.532. The lowest BCUT2D eigenvalue weighted by atomic mass is 10.3. The Balaban J connectivity index is 2.45. The van der Waals surface area contributed by atoms with Gasteiger partial charge in [0.05, 0.1) is 11.8 Å². The van der Waals surface area contributed by atoms with Gasteiger partial charge in [0.15, 0.2) is 0 Å². The van der Waals surface area contributed by atoms with Crippen molar-refractivity contribution in [3.63, 3.8) is 0 Å². The molecule has 90 valence electrons. The van der Waals surface area contributed by atoms with Crippen molar-refractivity contribution in [2.75, 3.05) is 0 Å². The molecule has 2 aromatic rings. The fourth-order valence-corrected chi connectivity index (χ4v) is 1.57. The van der Waals surface area contributed by atoms with Gasteiger partial charge < -0.3 is 4.98 Å². The number of rotatable bonds is 3. The van der Waals surface area contributed by atoms with E-state index in [9.17, 15) is 4.79 Å². The van der Waals surface area contributed by atoms with Crippen LogP contribution < -0.4 is 5.56 Å². The van der Waals surface area contributed by atoms with E-state index in [1.807, 2.05) is 17.8 Å². The van der Waals surface area contributed by atoms with Gasteiger partial charge in [-0.15, -0.1) is 0 Å². The molecule has 0 unspecified atom stereocenters. The number of H-pyrrole nitrogens is 1. The predicted molar refractivity (Wildman–Crippen MR) is 65.8 cm³/mol. The van der Waals surface area contributed by atoms with E-state index < -0.39 is 0 Å². The van der Waals surface area contributed by atoms with Crippen molar-refractivity contribution in [1.29, 1.82) is 0 Å². The zero-order valence-electron chi connectivity index (χ0n) is 10.3. The van der Waals surface area contributed by atoms with Crippen LogP contribution in [0.4, 0.5) is 0 Å². The third kappa shape index (κ3) is 2.43. The molecule has 0 bridgehead atoms. The minimum absolute atomic E-state index is 0.121. The second-order valence-electron chi connectivity index (χ2n) is 4.24. The monoisotopic (exact) mass is 232 g/mol. The van der Waals surface area contributed by atoms with Crippen LogP contribution in [0.1, 0.15) is 32.5 Å². The SMILES string of the molecule is CCc1cc(=O)[nH]c(-c2cnn(C(C)C)c2)n1. The largest absolute Gasteiger partial charge is 0.306 e. The molecule has 0 saturated heterocycles. The first-order valence-electron chi connectivity index (χ1n) is 5.75. The number of hydrogen-bond donors (Lipinski definition) is 1. The van der Waals surface area contributed by atoms with E-state index in [2.05, 4.69) is 28.9 Å². The third-order valence-corrected chi connectivity index (χ3v) is 2.56. The lowest BCUT2D eigenvalue weighted by Gasteiger charge is -2.03. The number of aromatic nitrogens is 4. The van der Waals surface area contributed by atoms with Crippen LogP contribution in [0.25, 0.3) is 11.4 Å². The van der Waals surface area contributed by atoms with Gasteiger partial charge in [0.25, 0.3) is 5.56 Å². The van der Waals surface area contributed by atoms with Crippen LogP contribution in [-0.4, -0.2) is 19.7 Å². The van der Waals surface area contributed by atoms with Gasteiger partial charge in [-0.2, -0.15) is 5.10 Å². The molecule has 0 amide bonds. The smallest absolute Gasteiger partial charge is 0.251 e. The first kappa shape index (κ1) is 11.6. The van der Waals surface area contributed by atoms with Crippen LogP contribution >= 0.6 is 0 Å². The molecule has 1 N–H and O–H groups in total. The first-order chi connectivity index (χ1) is 8.10. The van der Waals surface area contributed by atoms with Gasteiger partial charge in [-0.05, 0) is 20.3 Å². The van der Waals surface area contributed by atoms with Gasteiger partial charge in [0.1, 0.15) is 5.82 Å². The molecule has 0 saturated carbocycles. The van der Waals surface area contributed by atoms with Gasteiger partial charge in [-0.1, -0.05) is 6.92 Å². The lowest BCUT2D eigenvalue weighted by Crippen LogP contribution is -2.09. The highest BCUT2D eigenvalue weighted by Gasteiger charge is 2.07. The van der Waals surface area contributed by atoms with E-state index in [1.54, 1.807) is 6.20 Å². The fourth-order valence-electron chi connectivity index (χ4n) is 1.57. The summed E-state index contributed by atoms with van der Waals surface area (Å²) < 4.78 is 1.84. The number of aryl methyl sites for hydroxylation is 1. The maximum atomic E-state index is 11.5. The molecule has 17 heavy (non-hydrogen) atoms.